The first kappa shape index (κ1) is 18.4. The number of hydrogen-bond acceptors (Lipinski definition) is 6. The van der Waals surface area contributed by atoms with Crippen molar-refractivity contribution >= 4 is 39.2 Å². The van der Waals surface area contributed by atoms with Crippen molar-refractivity contribution in [2.75, 3.05) is 19.0 Å². The minimum Gasteiger partial charge on any atom is -0.496 e. The van der Waals surface area contributed by atoms with Crippen LogP contribution in [0, 0.1) is 10.1 Å². The van der Waals surface area contributed by atoms with Crippen LogP contribution >= 0.6 is 15.9 Å². The predicted molar refractivity (Wildman–Crippen MR) is 92.7 cm³/mol. The molecule has 0 saturated carbocycles. The Morgan fingerprint density at radius 2 is 1.96 bits per heavy atom. The summed E-state index contributed by atoms with van der Waals surface area (Å²) >= 11 is 3.28. The molecule has 0 bridgehead atoms. The third-order valence-corrected chi connectivity index (χ3v) is 3.79. The molecule has 9 heteroatoms. The maximum absolute atomic E-state index is 12.1. The largest absolute Gasteiger partial charge is 0.496 e. The Hall–Kier alpha value is -2.94. The fourth-order valence-electron chi connectivity index (χ4n) is 1.93. The lowest BCUT2D eigenvalue weighted by Gasteiger charge is -2.10. The number of rotatable bonds is 6. The minimum atomic E-state index is -0.900. The number of hydrogen-bond donors (Lipinski definition) is 1. The molecule has 0 unspecified atom stereocenters. The highest BCUT2D eigenvalue weighted by molar-refractivity contribution is 9.10. The molecule has 2 aromatic carbocycles. The van der Waals surface area contributed by atoms with E-state index in [1.165, 1.54) is 19.2 Å². The molecule has 25 heavy (non-hydrogen) atoms. The monoisotopic (exact) mass is 408 g/mol. The Morgan fingerprint density at radius 1 is 1.24 bits per heavy atom. The van der Waals surface area contributed by atoms with Crippen molar-refractivity contribution in [2.45, 2.75) is 0 Å². The first-order chi connectivity index (χ1) is 11.9. The summed E-state index contributed by atoms with van der Waals surface area (Å²) in [6, 6.07) is 10.5. The second-order valence-electron chi connectivity index (χ2n) is 4.75. The Kier molecular flexibility index (Phi) is 6.07. The van der Waals surface area contributed by atoms with Crippen LogP contribution in [0.2, 0.25) is 0 Å². The van der Waals surface area contributed by atoms with Crippen molar-refractivity contribution < 1.29 is 24.0 Å². The summed E-state index contributed by atoms with van der Waals surface area (Å²) < 4.78 is 10.6. The maximum atomic E-state index is 12.1. The minimum absolute atomic E-state index is 0.113. The molecule has 1 amide bonds. The summed E-state index contributed by atoms with van der Waals surface area (Å²) in [7, 11) is 1.32. The number of halogens is 1. The molecule has 0 fully saturated rings. The number of nitrogens with zero attached hydrogens (tertiary/aromatic N) is 1. The van der Waals surface area contributed by atoms with E-state index < -0.39 is 23.4 Å². The van der Waals surface area contributed by atoms with E-state index in [0.29, 0.717) is 10.2 Å². The first-order valence-corrected chi connectivity index (χ1v) is 7.75. The zero-order valence-electron chi connectivity index (χ0n) is 13.0. The second kappa shape index (κ2) is 8.25. The van der Waals surface area contributed by atoms with Crippen molar-refractivity contribution in [3.8, 4) is 5.75 Å². The SMILES string of the molecule is COc1ccc([N+](=O)[O-])cc1C(=O)OCC(=O)Nc1ccccc1Br. The first-order valence-electron chi connectivity index (χ1n) is 6.96. The van der Waals surface area contributed by atoms with Crippen molar-refractivity contribution in [3.05, 3.63) is 62.6 Å². The molecule has 0 spiro atoms. The summed E-state index contributed by atoms with van der Waals surface area (Å²) in [5, 5.41) is 13.4. The molecular weight excluding hydrogens is 396 g/mol. The van der Waals surface area contributed by atoms with Gasteiger partial charge in [0.05, 0.1) is 17.7 Å². The van der Waals surface area contributed by atoms with Crippen molar-refractivity contribution in [1.29, 1.82) is 0 Å². The van der Waals surface area contributed by atoms with Gasteiger partial charge in [0.15, 0.2) is 6.61 Å². The summed E-state index contributed by atoms with van der Waals surface area (Å²) in [5.74, 6) is -1.34. The van der Waals surface area contributed by atoms with Crippen molar-refractivity contribution in [2.24, 2.45) is 0 Å². The molecule has 0 aliphatic carbocycles. The van der Waals surface area contributed by atoms with Crippen molar-refractivity contribution in [3.63, 3.8) is 0 Å². The number of benzene rings is 2. The van der Waals surface area contributed by atoms with Crippen LogP contribution < -0.4 is 10.1 Å². The normalized spacial score (nSPS) is 10.0. The molecule has 0 radical (unpaired) electrons. The van der Waals surface area contributed by atoms with Gasteiger partial charge in [-0.05, 0) is 34.1 Å². The molecule has 0 aliphatic rings. The van der Waals surface area contributed by atoms with Crippen molar-refractivity contribution in [1.82, 2.24) is 0 Å². The molecule has 8 nitrogen and oxygen atoms in total. The standard InChI is InChI=1S/C16H13BrN2O6/c1-24-14-7-6-10(19(22)23)8-11(14)16(21)25-9-15(20)18-13-5-3-2-4-12(13)17/h2-8H,9H2,1H3,(H,18,20). The van der Waals surface area contributed by atoms with Crippen LogP contribution in [0.25, 0.3) is 0 Å². The number of nitro benzene ring substituents is 1. The van der Waals surface area contributed by atoms with E-state index in [1.54, 1.807) is 24.3 Å². The van der Waals surface area contributed by atoms with E-state index in [0.717, 1.165) is 6.07 Å². The molecular formula is C16H13BrN2O6. The van der Waals surface area contributed by atoms with Gasteiger partial charge in [0.2, 0.25) is 0 Å². The third-order valence-electron chi connectivity index (χ3n) is 3.10. The lowest BCUT2D eigenvalue weighted by atomic mass is 10.2. The van der Waals surface area contributed by atoms with Crippen LogP contribution in [-0.4, -0.2) is 30.5 Å². The molecule has 2 aromatic rings. The zero-order valence-corrected chi connectivity index (χ0v) is 14.6. The molecule has 2 rings (SSSR count). The molecule has 0 heterocycles. The maximum Gasteiger partial charge on any atom is 0.342 e. The van der Waals surface area contributed by atoms with Gasteiger partial charge in [-0.1, -0.05) is 12.1 Å². The van der Waals surface area contributed by atoms with Crippen LogP contribution in [0.3, 0.4) is 0 Å². The lowest BCUT2D eigenvalue weighted by molar-refractivity contribution is -0.384. The fraction of sp³-hybridized carbons (Fsp3) is 0.125. The van der Waals surface area contributed by atoms with E-state index in [4.69, 9.17) is 9.47 Å². The van der Waals surface area contributed by atoms with Gasteiger partial charge >= 0.3 is 5.97 Å². The van der Waals surface area contributed by atoms with Gasteiger partial charge in [-0.15, -0.1) is 0 Å². The molecule has 1 N–H and O–H groups in total. The van der Waals surface area contributed by atoms with Gasteiger partial charge in [-0.25, -0.2) is 4.79 Å². The fourth-order valence-corrected chi connectivity index (χ4v) is 2.31. The predicted octanol–water partition coefficient (Wildman–Crippen LogP) is 3.16. The average molecular weight is 409 g/mol. The van der Waals surface area contributed by atoms with Crippen LogP contribution in [0.5, 0.6) is 5.75 Å². The number of esters is 1. The molecule has 0 saturated heterocycles. The van der Waals surface area contributed by atoms with Gasteiger partial charge in [0.25, 0.3) is 11.6 Å². The van der Waals surface area contributed by atoms with Crippen LogP contribution in [0.1, 0.15) is 10.4 Å². The quantitative estimate of drug-likeness (QED) is 0.446. The zero-order chi connectivity index (χ0) is 18.4. The highest BCUT2D eigenvalue weighted by Gasteiger charge is 2.19. The second-order valence-corrected chi connectivity index (χ2v) is 5.60. The summed E-state index contributed by atoms with van der Waals surface area (Å²) in [5.41, 5.74) is 0.104. The number of non-ortho nitro benzene ring substituents is 1. The van der Waals surface area contributed by atoms with Gasteiger partial charge < -0.3 is 14.8 Å². The lowest BCUT2D eigenvalue weighted by Crippen LogP contribution is -2.21. The Labute approximate surface area is 151 Å². The number of carbonyl (C=O) groups is 2. The van der Waals surface area contributed by atoms with Crippen LogP contribution in [0.15, 0.2) is 46.9 Å². The van der Waals surface area contributed by atoms with E-state index in [9.17, 15) is 19.7 Å². The van der Waals surface area contributed by atoms with E-state index in [1.807, 2.05) is 0 Å². The highest BCUT2D eigenvalue weighted by atomic mass is 79.9. The number of para-hydroxylation sites is 1. The number of methoxy groups -OCH3 is 1. The van der Waals surface area contributed by atoms with Crippen LogP contribution in [0.4, 0.5) is 11.4 Å². The van der Waals surface area contributed by atoms with Gasteiger partial charge in [0.1, 0.15) is 11.3 Å². The highest BCUT2D eigenvalue weighted by Crippen LogP contribution is 2.25. The summed E-state index contributed by atoms with van der Waals surface area (Å²) in [6.07, 6.45) is 0. The number of anilines is 1. The van der Waals surface area contributed by atoms with Gasteiger partial charge in [0, 0.05) is 16.6 Å². The van der Waals surface area contributed by atoms with Gasteiger partial charge in [-0.2, -0.15) is 0 Å². The number of carbonyl (C=O) groups excluding carboxylic acids is 2. The number of ether oxygens (including phenoxy) is 2. The van der Waals surface area contributed by atoms with E-state index in [-0.39, 0.29) is 17.0 Å². The molecule has 0 atom stereocenters. The third kappa shape index (κ3) is 4.77. The molecule has 0 aliphatic heterocycles. The Morgan fingerprint density at radius 3 is 2.60 bits per heavy atom. The molecule has 130 valence electrons. The summed E-state index contributed by atoms with van der Waals surface area (Å²) in [4.78, 5) is 34.2. The number of nitrogens with one attached hydrogen (secondary N) is 1. The topological polar surface area (TPSA) is 108 Å². The summed E-state index contributed by atoms with van der Waals surface area (Å²) in [6.45, 7) is -0.550. The number of amides is 1. The van der Waals surface area contributed by atoms with E-state index in [2.05, 4.69) is 21.2 Å². The Balaban J connectivity index is 2.04. The smallest absolute Gasteiger partial charge is 0.342 e. The van der Waals surface area contributed by atoms with E-state index >= 15 is 0 Å². The Bertz CT molecular complexity index is 824. The molecule has 0 aromatic heterocycles. The van der Waals surface area contributed by atoms with Gasteiger partial charge in [-0.3, -0.25) is 14.9 Å². The average Bonchev–Trinajstić information content (AvgIpc) is 2.61. The number of nitro groups is 1. The van der Waals surface area contributed by atoms with Crippen LogP contribution in [-0.2, 0) is 9.53 Å².